The van der Waals surface area contributed by atoms with Gasteiger partial charge in [0, 0.05) is 17.7 Å². The second-order valence-corrected chi connectivity index (χ2v) is 6.08. The molecule has 1 aromatic carbocycles. The van der Waals surface area contributed by atoms with Crippen molar-refractivity contribution < 1.29 is 4.79 Å². The van der Waals surface area contributed by atoms with Gasteiger partial charge in [-0.3, -0.25) is 4.79 Å². The van der Waals surface area contributed by atoms with Gasteiger partial charge in [0.05, 0.1) is 0 Å². The smallest absolute Gasteiger partial charge is 0.251 e. The van der Waals surface area contributed by atoms with Crippen LogP contribution in [0.25, 0.3) is 0 Å². The van der Waals surface area contributed by atoms with Crippen LogP contribution in [0.2, 0.25) is 0 Å². The molecule has 4 heteroatoms. The van der Waals surface area contributed by atoms with E-state index in [1.54, 1.807) is 24.3 Å². The molecule has 1 aliphatic carbocycles. The van der Waals surface area contributed by atoms with Crippen LogP contribution >= 0.6 is 12.2 Å². The maximum Gasteiger partial charge on any atom is 0.251 e. The zero-order valence-corrected chi connectivity index (χ0v) is 12.1. The fourth-order valence-electron chi connectivity index (χ4n) is 2.59. The van der Waals surface area contributed by atoms with Crippen LogP contribution in [-0.4, -0.2) is 17.4 Å². The van der Waals surface area contributed by atoms with Crippen LogP contribution in [0.15, 0.2) is 24.3 Å². The van der Waals surface area contributed by atoms with Gasteiger partial charge < -0.3 is 11.1 Å². The Labute approximate surface area is 119 Å². The summed E-state index contributed by atoms with van der Waals surface area (Å²) in [4.78, 5) is 12.4. The lowest BCUT2D eigenvalue weighted by Gasteiger charge is -2.23. The summed E-state index contributed by atoms with van der Waals surface area (Å²) < 4.78 is 0. The lowest BCUT2D eigenvalue weighted by Crippen LogP contribution is -2.34. The summed E-state index contributed by atoms with van der Waals surface area (Å²) in [5.41, 5.74) is 7.24. The average molecular weight is 276 g/mol. The zero-order valence-electron chi connectivity index (χ0n) is 11.2. The highest BCUT2D eigenvalue weighted by Gasteiger charge is 2.28. The van der Waals surface area contributed by atoms with Crippen LogP contribution in [0.4, 0.5) is 0 Å². The molecule has 19 heavy (non-hydrogen) atoms. The van der Waals surface area contributed by atoms with Crippen LogP contribution in [0, 0.1) is 5.41 Å². The lowest BCUT2D eigenvalue weighted by molar-refractivity contribution is 0.0934. The number of benzene rings is 1. The molecule has 0 heterocycles. The SMILES string of the molecule is CC1(CNC(=O)c2ccc(C(N)=S)cc2)CCCC1. The van der Waals surface area contributed by atoms with Crippen LogP contribution < -0.4 is 11.1 Å². The third-order valence-electron chi connectivity index (χ3n) is 3.92. The van der Waals surface area contributed by atoms with E-state index in [1.165, 1.54) is 25.7 Å². The molecule has 102 valence electrons. The second-order valence-electron chi connectivity index (χ2n) is 5.64. The van der Waals surface area contributed by atoms with Crippen LogP contribution in [0.1, 0.15) is 48.5 Å². The first-order chi connectivity index (χ1) is 9.00. The minimum Gasteiger partial charge on any atom is -0.389 e. The minimum atomic E-state index is -0.0254. The summed E-state index contributed by atoms with van der Waals surface area (Å²) >= 11 is 4.89. The second kappa shape index (κ2) is 5.70. The van der Waals surface area contributed by atoms with E-state index < -0.39 is 0 Å². The third kappa shape index (κ3) is 3.53. The fourth-order valence-corrected chi connectivity index (χ4v) is 2.72. The number of nitrogens with two attached hydrogens (primary N) is 1. The van der Waals surface area contributed by atoms with Gasteiger partial charge in [0.15, 0.2) is 0 Å². The quantitative estimate of drug-likeness (QED) is 0.831. The highest BCUT2D eigenvalue weighted by Crippen LogP contribution is 2.36. The molecule has 1 amide bonds. The highest BCUT2D eigenvalue weighted by molar-refractivity contribution is 7.80. The van der Waals surface area contributed by atoms with Gasteiger partial charge in [-0.2, -0.15) is 0 Å². The largest absolute Gasteiger partial charge is 0.389 e. The molecule has 0 saturated heterocycles. The van der Waals surface area contributed by atoms with Crippen molar-refractivity contribution in [1.29, 1.82) is 0 Å². The Morgan fingerprint density at radius 1 is 1.26 bits per heavy atom. The van der Waals surface area contributed by atoms with Gasteiger partial charge in [-0.1, -0.05) is 44.1 Å². The van der Waals surface area contributed by atoms with Crippen molar-refractivity contribution in [2.24, 2.45) is 11.1 Å². The molecular weight excluding hydrogens is 256 g/mol. The standard InChI is InChI=1S/C15H20N2OS/c1-15(8-2-3-9-15)10-17-14(18)12-6-4-11(5-7-12)13(16)19/h4-7H,2-3,8-10H2,1H3,(H2,16,19)(H,17,18). The van der Waals surface area contributed by atoms with Crippen LogP contribution in [0.3, 0.4) is 0 Å². The number of thiocarbonyl (C=S) groups is 1. The lowest BCUT2D eigenvalue weighted by atomic mass is 9.89. The molecule has 1 fully saturated rings. The number of rotatable bonds is 4. The van der Waals surface area contributed by atoms with E-state index in [0.717, 1.165) is 12.1 Å². The number of nitrogens with one attached hydrogen (secondary N) is 1. The number of carbonyl (C=O) groups is 1. The molecule has 0 unspecified atom stereocenters. The van der Waals surface area contributed by atoms with Crippen molar-refractivity contribution in [3.63, 3.8) is 0 Å². The van der Waals surface area contributed by atoms with Crippen molar-refractivity contribution in [2.45, 2.75) is 32.6 Å². The molecule has 1 aliphatic rings. The number of hydrogen-bond donors (Lipinski definition) is 2. The van der Waals surface area contributed by atoms with Crippen molar-refractivity contribution in [3.05, 3.63) is 35.4 Å². The summed E-state index contributed by atoms with van der Waals surface area (Å²) in [6.07, 6.45) is 4.95. The van der Waals surface area contributed by atoms with E-state index in [9.17, 15) is 4.79 Å². The molecule has 0 radical (unpaired) electrons. The topological polar surface area (TPSA) is 55.1 Å². The van der Waals surface area contributed by atoms with Gasteiger partial charge in [-0.25, -0.2) is 0 Å². The maximum absolute atomic E-state index is 12.0. The van der Waals surface area contributed by atoms with Crippen molar-refractivity contribution in [1.82, 2.24) is 5.32 Å². The van der Waals surface area contributed by atoms with E-state index in [4.69, 9.17) is 18.0 Å². The molecule has 1 aromatic rings. The van der Waals surface area contributed by atoms with Crippen molar-refractivity contribution in [2.75, 3.05) is 6.54 Å². The summed E-state index contributed by atoms with van der Waals surface area (Å²) in [6, 6.07) is 7.10. The van der Waals surface area contributed by atoms with E-state index in [2.05, 4.69) is 12.2 Å². The van der Waals surface area contributed by atoms with Gasteiger partial charge in [0.1, 0.15) is 4.99 Å². The van der Waals surface area contributed by atoms with E-state index in [1.807, 2.05) is 0 Å². The summed E-state index contributed by atoms with van der Waals surface area (Å²) in [5.74, 6) is -0.0254. The molecule has 0 aromatic heterocycles. The Kier molecular flexibility index (Phi) is 4.20. The van der Waals surface area contributed by atoms with Gasteiger partial charge in [-0.15, -0.1) is 0 Å². The highest BCUT2D eigenvalue weighted by atomic mass is 32.1. The minimum absolute atomic E-state index is 0.0254. The predicted octanol–water partition coefficient (Wildman–Crippen LogP) is 2.63. The molecule has 3 nitrogen and oxygen atoms in total. The molecule has 0 atom stereocenters. The van der Waals surface area contributed by atoms with Gasteiger partial charge in [-0.05, 0) is 30.4 Å². The first-order valence-electron chi connectivity index (χ1n) is 6.68. The first kappa shape index (κ1) is 14.0. The molecule has 0 spiro atoms. The molecule has 0 bridgehead atoms. The number of hydrogen-bond acceptors (Lipinski definition) is 2. The monoisotopic (exact) mass is 276 g/mol. The molecule has 0 aliphatic heterocycles. The Morgan fingerprint density at radius 3 is 2.32 bits per heavy atom. The first-order valence-corrected chi connectivity index (χ1v) is 7.09. The van der Waals surface area contributed by atoms with Gasteiger partial charge >= 0.3 is 0 Å². The molecule has 3 N–H and O–H groups in total. The van der Waals surface area contributed by atoms with E-state index in [-0.39, 0.29) is 11.3 Å². The molecular formula is C15H20N2OS. The zero-order chi connectivity index (χ0) is 13.9. The maximum atomic E-state index is 12.0. The number of carbonyl (C=O) groups excluding carboxylic acids is 1. The number of amides is 1. The van der Waals surface area contributed by atoms with E-state index in [0.29, 0.717) is 10.6 Å². The van der Waals surface area contributed by atoms with E-state index >= 15 is 0 Å². The summed E-state index contributed by atoms with van der Waals surface area (Å²) in [7, 11) is 0. The van der Waals surface area contributed by atoms with Gasteiger partial charge in [0.25, 0.3) is 5.91 Å². The van der Waals surface area contributed by atoms with Crippen LogP contribution in [0.5, 0.6) is 0 Å². The van der Waals surface area contributed by atoms with Crippen molar-refractivity contribution in [3.8, 4) is 0 Å². The van der Waals surface area contributed by atoms with Gasteiger partial charge in [0.2, 0.25) is 0 Å². The molecule has 1 saturated carbocycles. The Balaban J connectivity index is 1.94. The molecule has 2 rings (SSSR count). The average Bonchev–Trinajstić information content (AvgIpc) is 2.83. The van der Waals surface area contributed by atoms with Crippen LogP contribution in [-0.2, 0) is 0 Å². The Morgan fingerprint density at radius 2 is 1.79 bits per heavy atom. The predicted molar refractivity (Wildman–Crippen MR) is 81.2 cm³/mol. The fraction of sp³-hybridized carbons (Fsp3) is 0.467. The summed E-state index contributed by atoms with van der Waals surface area (Å²) in [6.45, 7) is 3.00. The Bertz CT molecular complexity index is 475. The third-order valence-corrected chi connectivity index (χ3v) is 4.15. The summed E-state index contributed by atoms with van der Waals surface area (Å²) in [5, 5.41) is 3.03. The van der Waals surface area contributed by atoms with Crippen molar-refractivity contribution >= 4 is 23.1 Å². The Hall–Kier alpha value is -1.42. The normalized spacial score (nSPS) is 17.1.